The Bertz CT molecular complexity index is 576. The standard InChI is InChI=1S/C11H14BrNO5S/c12-10-9(6-8(18-10)11(14)15)19(16,17)13-5-4-7-2-1-3-7/h6-7,13H,1-5H2,(H,14,15). The lowest BCUT2D eigenvalue weighted by Crippen LogP contribution is -2.27. The van der Waals surface area contributed by atoms with Crippen LogP contribution in [0.25, 0.3) is 0 Å². The summed E-state index contributed by atoms with van der Waals surface area (Å²) >= 11 is 2.92. The van der Waals surface area contributed by atoms with Crippen LogP contribution in [-0.2, 0) is 10.0 Å². The van der Waals surface area contributed by atoms with E-state index in [0.29, 0.717) is 12.5 Å². The van der Waals surface area contributed by atoms with Gasteiger partial charge in [-0.2, -0.15) is 0 Å². The van der Waals surface area contributed by atoms with Gasteiger partial charge >= 0.3 is 5.97 Å². The molecule has 0 aliphatic heterocycles. The Labute approximate surface area is 119 Å². The van der Waals surface area contributed by atoms with Gasteiger partial charge in [0.15, 0.2) is 4.67 Å². The summed E-state index contributed by atoms with van der Waals surface area (Å²) in [6, 6.07) is 0.998. The summed E-state index contributed by atoms with van der Waals surface area (Å²) in [4.78, 5) is 10.5. The van der Waals surface area contributed by atoms with Crippen molar-refractivity contribution in [1.82, 2.24) is 4.72 Å². The predicted molar refractivity (Wildman–Crippen MR) is 70.5 cm³/mol. The molecule has 2 N–H and O–H groups in total. The van der Waals surface area contributed by atoms with Crippen LogP contribution in [0.15, 0.2) is 20.0 Å². The molecule has 0 aromatic carbocycles. The molecule has 0 bridgehead atoms. The predicted octanol–water partition coefficient (Wildman–Crippen LogP) is 2.21. The number of sulfonamides is 1. The van der Waals surface area contributed by atoms with Crippen molar-refractivity contribution in [3.05, 3.63) is 16.5 Å². The molecular weight excluding hydrogens is 338 g/mol. The Hall–Kier alpha value is -0.860. The van der Waals surface area contributed by atoms with Gasteiger partial charge in [0.05, 0.1) is 0 Å². The van der Waals surface area contributed by atoms with Gasteiger partial charge in [0, 0.05) is 12.6 Å². The zero-order chi connectivity index (χ0) is 14.0. The maximum Gasteiger partial charge on any atom is 0.371 e. The molecule has 8 heteroatoms. The highest BCUT2D eigenvalue weighted by Gasteiger charge is 2.25. The van der Waals surface area contributed by atoms with Crippen LogP contribution >= 0.6 is 15.9 Å². The van der Waals surface area contributed by atoms with Crippen LogP contribution < -0.4 is 4.72 Å². The van der Waals surface area contributed by atoms with Gasteiger partial charge < -0.3 is 9.52 Å². The van der Waals surface area contributed by atoms with Crippen LogP contribution in [0.3, 0.4) is 0 Å². The largest absolute Gasteiger partial charge is 0.475 e. The summed E-state index contributed by atoms with van der Waals surface area (Å²) in [5.74, 6) is -1.12. The van der Waals surface area contributed by atoms with E-state index < -0.39 is 21.8 Å². The van der Waals surface area contributed by atoms with Crippen molar-refractivity contribution in [2.24, 2.45) is 5.92 Å². The van der Waals surface area contributed by atoms with E-state index in [1.165, 1.54) is 6.42 Å². The van der Waals surface area contributed by atoms with Crippen LogP contribution in [-0.4, -0.2) is 26.0 Å². The van der Waals surface area contributed by atoms with Crippen molar-refractivity contribution in [3.8, 4) is 0 Å². The van der Waals surface area contributed by atoms with E-state index in [2.05, 4.69) is 20.7 Å². The zero-order valence-corrected chi connectivity index (χ0v) is 12.5. The van der Waals surface area contributed by atoms with Crippen LogP contribution in [0.2, 0.25) is 0 Å². The number of aromatic carboxylic acids is 1. The molecule has 2 rings (SSSR count). The molecule has 0 unspecified atom stereocenters. The highest BCUT2D eigenvalue weighted by atomic mass is 79.9. The number of halogens is 1. The summed E-state index contributed by atoms with van der Waals surface area (Å²) in [6.07, 6.45) is 4.33. The number of rotatable bonds is 6. The minimum absolute atomic E-state index is 0.0963. The molecule has 6 nitrogen and oxygen atoms in total. The van der Waals surface area contributed by atoms with Crippen molar-refractivity contribution >= 4 is 31.9 Å². The van der Waals surface area contributed by atoms with Gasteiger partial charge in [-0.25, -0.2) is 17.9 Å². The molecule has 1 aromatic rings. The number of hydrogen-bond donors (Lipinski definition) is 2. The fourth-order valence-electron chi connectivity index (χ4n) is 1.90. The van der Waals surface area contributed by atoms with E-state index in [1.54, 1.807) is 0 Å². The van der Waals surface area contributed by atoms with Gasteiger partial charge in [0.1, 0.15) is 4.90 Å². The fourth-order valence-corrected chi connectivity index (χ4v) is 3.88. The van der Waals surface area contributed by atoms with E-state index >= 15 is 0 Å². The van der Waals surface area contributed by atoms with Crippen LogP contribution in [0.5, 0.6) is 0 Å². The van der Waals surface area contributed by atoms with E-state index in [4.69, 9.17) is 9.52 Å². The molecule has 1 aromatic heterocycles. The highest BCUT2D eigenvalue weighted by Crippen LogP contribution is 2.29. The monoisotopic (exact) mass is 351 g/mol. The summed E-state index contributed by atoms with van der Waals surface area (Å²) in [5.41, 5.74) is 0. The Kier molecular flexibility index (Phi) is 4.32. The third kappa shape index (κ3) is 3.37. The third-order valence-corrected chi connectivity index (χ3v) is 5.54. The molecule has 0 spiro atoms. The molecule has 1 aliphatic rings. The quantitative estimate of drug-likeness (QED) is 0.818. The minimum atomic E-state index is -3.74. The molecule has 19 heavy (non-hydrogen) atoms. The lowest BCUT2D eigenvalue weighted by molar-refractivity contribution is 0.0661. The lowest BCUT2D eigenvalue weighted by atomic mass is 9.83. The molecular formula is C11H14BrNO5S. The Morgan fingerprint density at radius 2 is 2.21 bits per heavy atom. The molecule has 0 atom stereocenters. The molecule has 1 aliphatic carbocycles. The van der Waals surface area contributed by atoms with E-state index in [9.17, 15) is 13.2 Å². The number of carboxylic acid groups (broad SMARTS) is 1. The second-order valence-electron chi connectivity index (χ2n) is 4.54. The lowest BCUT2D eigenvalue weighted by Gasteiger charge is -2.24. The average molecular weight is 352 g/mol. The van der Waals surface area contributed by atoms with Crippen LogP contribution in [0.1, 0.15) is 36.2 Å². The number of hydrogen-bond acceptors (Lipinski definition) is 4. The first-order valence-electron chi connectivity index (χ1n) is 5.92. The molecule has 1 fully saturated rings. The number of furan rings is 1. The van der Waals surface area contributed by atoms with Gasteiger partial charge in [-0.15, -0.1) is 0 Å². The molecule has 1 heterocycles. The SMILES string of the molecule is O=C(O)c1cc(S(=O)(=O)NCCC2CCC2)c(Br)o1. The first-order chi connectivity index (χ1) is 8.90. The van der Waals surface area contributed by atoms with Gasteiger partial charge in [-0.05, 0) is 28.3 Å². The summed E-state index contributed by atoms with van der Waals surface area (Å²) in [7, 11) is -3.74. The summed E-state index contributed by atoms with van der Waals surface area (Å²) < 4.78 is 31.1. The maximum atomic E-state index is 12.0. The molecule has 0 radical (unpaired) electrons. The van der Waals surface area contributed by atoms with E-state index in [0.717, 1.165) is 25.3 Å². The first-order valence-corrected chi connectivity index (χ1v) is 8.20. The summed E-state index contributed by atoms with van der Waals surface area (Å²) in [5, 5.41) is 8.75. The summed E-state index contributed by atoms with van der Waals surface area (Å²) in [6.45, 7) is 0.354. The van der Waals surface area contributed by atoms with Crippen molar-refractivity contribution in [2.45, 2.75) is 30.6 Å². The number of nitrogens with one attached hydrogen (secondary N) is 1. The van der Waals surface area contributed by atoms with Gasteiger partial charge in [0.2, 0.25) is 15.8 Å². The normalized spacial score (nSPS) is 16.3. The minimum Gasteiger partial charge on any atom is -0.475 e. The number of carbonyl (C=O) groups is 1. The zero-order valence-electron chi connectivity index (χ0n) is 10.1. The Morgan fingerprint density at radius 1 is 1.53 bits per heavy atom. The molecule has 1 saturated carbocycles. The second kappa shape index (κ2) is 5.64. The van der Waals surface area contributed by atoms with Gasteiger partial charge in [-0.1, -0.05) is 19.3 Å². The first kappa shape index (κ1) is 14.5. The van der Waals surface area contributed by atoms with Crippen molar-refractivity contribution in [2.75, 3.05) is 6.54 Å². The van der Waals surface area contributed by atoms with Gasteiger partial charge in [0.25, 0.3) is 0 Å². The fraction of sp³-hybridized carbons (Fsp3) is 0.545. The van der Waals surface area contributed by atoms with Crippen LogP contribution in [0, 0.1) is 5.92 Å². The maximum absolute atomic E-state index is 12.0. The second-order valence-corrected chi connectivity index (χ2v) is 6.99. The van der Waals surface area contributed by atoms with Crippen molar-refractivity contribution in [1.29, 1.82) is 0 Å². The molecule has 0 saturated heterocycles. The Morgan fingerprint density at radius 3 is 2.68 bits per heavy atom. The average Bonchev–Trinajstić information content (AvgIpc) is 2.65. The highest BCUT2D eigenvalue weighted by molar-refractivity contribution is 9.10. The van der Waals surface area contributed by atoms with Crippen molar-refractivity contribution in [3.63, 3.8) is 0 Å². The molecule has 106 valence electrons. The van der Waals surface area contributed by atoms with E-state index in [1.807, 2.05) is 0 Å². The van der Waals surface area contributed by atoms with Gasteiger partial charge in [-0.3, -0.25) is 0 Å². The third-order valence-electron chi connectivity index (χ3n) is 3.23. The molecule has 0 amide bonds. The van der Waals surface area contributed by atoms with Crippen molar-refractivity contribution < 1.29 is 22.7 Å². The number of carboxylic acids is 1. The Balaban J connectivity index is 2.03. The smallest absolute Gasteiger partial charge is 0.371 e. The van der Waals surface area contributed by atoms with E-state index in [-0.39, 0.29) is 9.56 Å². The topological polar surface area (TPSA) is 96.6 Å². The van der Waals surface area contributed by atoms with Crippen LogP contribution in [0.4, 0.5) is 0 Å².